The Kier molecular flexibility index (Phi) is 3.85. The molecule has 0 aliphatic carbocycles. The van der Waals surface area contributed by atoms with Gasteiger partial charge in [-0.2, -0.15) is 26.3 Å². The van der Waals surface area contributed by atoms with Gasteiger partial charge in [0.15, 0.2) is 0 Å². The van der Waals surface area contributed by atoms with Crippen LogP contribution < -0.4 is 5.43 Å². The van der Waals surface area contributed by atoms with Crippen LogP contribution in [0.2, 0.25) is 0 Å². The lowest BCUT2D eigenvalue weighted by Gasteiger charge is -2.10. The van der Waals surface area contributed by atoms with Gasteiger partial charge < -0.3 is 4.42 Å². The summed E-state index contributed by atoms with van der Waals surface area (Å²) in [4.78, 5) is 12.0. The molecule has 0 unspecified atom stereocenters. The van der Waals surface area contributed by atoms with Crippen LogP contribution in [0, 0.1) is 0 Å². The van der Waals surface area contributed by atoms with Crippen molar-refractivity contribution in [2.45, 2.75) is 12.4 Å². The monoisotopic (exact) mass is 358 g/mol. The van der Waals surface area contributed by atoms with Crippen molar-refractivity contribution in [2.24, 2.45) is 0 Å². The Bertz CT molecular complexity index is 998. The third-order valence-electron chi connectivity index (χ3n) is 3.60. The van der Waals surface area contributed by atoms with E-state index in [9.17, 15) is 31.1 Å². The Hall–Kier alpha value is -2.77. The van der Waals surface area contributed by atoms with E-state index in [2.05, 4.69) is 0 Å². The van der Waals surface area contributed by atoms with E-state index in [1.807, 2.05) is 0 Å². The first-order valence-corrected chi connectivity index (χ1v) is 6.88. The Morgan fingerprint density at radius 3 is 2.12 bits per heavy atom. The van der Waals surface area contributed by atoms with Crippen molar-refractivity contribution < 1.29 is 30.8 Å². The van der Waals surface area contributed by atoms with Crippen LogP contribution in [0.4, 0.5) is 26.3 Å². The second-order valence-electron chi connectivity index (χ2n) is 5.27. The predicted molar refractivity (Wildman–Crippen MR) is 77.9 cm³/mol. The molecule has 25 heavy (non-hydrogen) atoms. The minimum atomic E-state index is -4.89. The van der Waals surface area contributed by atoms with Gasteiger partial charge in [0.1, 0.15) is 17.4 Å². The number of alkyl halides is 6. The molecule has 3 rings (SSSR count). The summed E-state index contributed by atoms with van der Waals surface area (Å²) in [6.07, 6.45) is -9.12. The molecule has 0 bridgehead atoms. The quantitative estimate of drug-likeness (QED) is 0.538. The summed E-state index contributed by atoms with van der Waals surface area (Å²) in [5, 5.41) is -0.357. The normalized spacial score (nSPS) is 12.6. The number of rotatable bonds is 1. The summed E-state index contributed by atoms with van der Waals surface area (Å²) in [6, 6.07) is 7.98. The molecule has 2 nitrogen and oxygen atoms in total. The average molecular weight is 358 g/mol. The van der Waals surface area contributed by atoms with Crippen molar-refractivity contribution in [2.75, 3.05) is 0 Å². The first-order chi connectivity index (χ1) is 11.6. The molecule has 2 aromatic carbocycles. The summed E-state index contributed by atoms with van der Waals surface area (Å²) in [6.45, 7) is 0. The lowest BCUT2D eigenvalue weighted by atomic mass is 10.0. The average Bonchev–Trinajstić information content (AvgIpc) is 2.53. The summed E-state index contributed by atoms with van der Waals surface area (Å²) in [5.74, 6) is 0. The van der Waals surface area contributed by atoms with E-state index in [0.717, 1.165) is 18.2 Å². The van der Waals surface area contributed by atoms with Gasteiger partial charge in [0, 0.05) is 0 Å². The van der Waals surface area contributed by atoms with Gasteiger partial charge in [-0.3, -0.25) is 4.79 Å². The molecule has 0 aliphatic heterocycles. The van der Waals surface area contributed by atoms with E-state index < -0.39 is 28.9 Å². The molecule has 130 valence electrons. The zero-order chi connectivity index (χ0) is 18.4. The van der Waals surface area contributed by atoms with Gasteiger partial charge in [-0.15, -0.1) is 0 Å². The van der Waals surface area contributed by atoms with E-state index in [1.165, 1.54) is 24.3 Å². The molecule has 1 heterocycles. The number of hydrogen-bond donors (Lipinski definition) is 0. The number of hydrogen-bond acceptors (Lipinski definition) is 2. The molecule has 0 fully saturated rings. The topological polar surface area (TPSA) is 30.2 Å². The van der Waals surface area contributed by atoms with Crippen molar-refractivity contribution in [3.05, 3.63) is 70.1 Å². The van der Waals surface area contributed by atoms with Crippen LogP contribution in [0.1, 0.15) is 11.1 Å². The molecular formula is C17H8F6O2. The molecule has 1 aromatic heterocycles. The molecule has 0 amide bonds. The van der Waals surface area contributed by atoms with Gasteiger partial charge in [0.25, 0.3) is 0 Å². The highest BCUT2D eigenvalue weighted by atomic mass is 19.4. The van der Waals surface area contributed by atoms with E-state index in [0.29, 0.717) is 6.26 Å². The maximum Gasteiger partial charge on any atom is 0.423 e. The van der Waals surface area contributed by atoms with Gasteiger partial charge in [0.05, 0.1) is 10.9 Å². The van der Waals surface area contributed by atoms with Crippen LogP contribution in [-0.2, 0) is 12.4 Å². The number of halogens is 6. The molecule has 0 saturated heterocycles. The minimum absolute atomic E-state index is 0.0891. The van der Waals surface area contributed by atoms with E-state index in [1.54, 1.807) is 0 Å². The van der Waals surface area contributed by atoms with Gasteiger partial charge in [-0.05, 0) is 35.4 Å². The van der Waals surface area contributed by atoms with E-state index >= 15 is 0 Å². The highest BCUT2D eigenvalue weighted by molar-refractivity contribution is 5.83. The van der Waals surface area contributed by atoms with Crippen molar-refractivity contribution in [1.82, 2.24) is 0 Å². The van der Waals surface area contributed by atoms with Crippen LogP contribution in [0.15, 0.2) is 57.9 Å². The first-order valence-electron chi connectivity index (χ1n) is 6.88. The lowest BCUT2D eigenvalue weighted by Crippen LogP contribution is -2.18. The highest BCUT2D eigenvalue weighted by Crippen LogP contribution is 2.33. The van der Waals surface area contributed by atoms with Crippen molar-refractivity contribution in [3.63, 3.8) is 0 Å². The third kappa shape index (κ3) is 3.24. The number of benzene rings is 2. The van der Waals surface area contributed by atoms with Crippen molar-refractivity contribution in [3.8, 4) is 11.1 Å². The SMILES string of the molecule is O=c1c(C(F)(F)F)coc2ccc(-c3cccc(C(F)(F)F)c3)cc12. The highest BCUT2D eigenvalue weighted by Gasteiger charge is 2.35. The first kappa shape index (κ1) is 17.1. The van der Waals surface area contributed by atoms with Gasteiger partial charge in [-0.25, -0.2) is 0 Å². The predicted octanol–water partition coefficient (Wildman–Crippen LogP) is 5.50. The Balaban J connectivity index is 2.19. The maximum absolute atomic E-state index is 12.8. The molecular weight excluding hydrogens is 350 g/mol. The molecule has 0 atom stereocenters. The van der Waals surface area contributed by atoms with Gasteiger partial charge >= 0.3 is 12.4 Å². The fourth-order valence-electron chi connectivity index (χ4n) is 2.38. The molecule has 0 saturated carbocycles. The molecule has 0 spiro atoms. The van der Waals surface area contributed by atoms with Gasteiger partial charge in [0.2, 0.25) is 5.43 Å². The van der Waals surface area contributed by atoms with Crippen LogP contribution in [0.25, 0.3) is 22.1 Å². The lowest BCUT2D eigenvalue weighted by molar-refractivity contribution is -0.139. The zero-order valence-corrected chi connectivity index (χ0v) is 12.2. The molecule has 8 heteroatoms. The largest absolute Gasteiger partial charge is 0.463 e. The molecule has 0 radical (unpaired) electrons. The number of fused-ring (bicyclic) bond motifs is 1. The van der Waals surface area contributed by atoms with Crippen molar-refractivity contribution in [1.29, 1.82) is 0 Å². The maximum atomic E-state index is 12.8. The van der Waals surface area contributed by atoms with Crippen LogP contribution >= 0.6 is 0 Å². The van der Waals surface area contributed by atoms with Crippen LogP contribution in [0.5, 0.6) is 0 Å². The minimum Gasteiger partial charge on any atom is -0.463 e. The fourth-order valence-corrected chi connectivity index (χ4v) is 2.38. The van der Waals surface area contributed by atoms with Crippen LogP contribution in [0.3, 0.4) is 0 Å². The summed E-state index contributed by atoms with van der Waals surface area (Å²) in [7, 11) is 0. The summed E-state index contributed by atoms with van der Waals surface area (Å²) in [5.41, 5.74) is -3.46. The third-order valence-corrected chi connectivity index (χ3v) is 3.60. The van der Waals surface area contributed by atoms with Crippen molar-refractivity contribution >= 4 is 11.0 Å². The molecule has 0 N–H and O–H groups in total. The standard InChI is InChI=1S/C17H8F6O2/c18-16(19,20)11-3-1-2-9(6-11)10-4-5-14-12(7-10)15(24)13(8-25-14)17(21,22)23/h1-8H. The van der Waals surface area contributed by atoms with Crippen LogP contribution in [-0.4, -0.2) is 0 Å². The Morgan fingerprint density at radius 2 is 1.48 bits per heavy atom. The Labute approximate surface area is 136 Å². The fraction of sp³-hybridized carbons (Fsp3) is 0.118. The second-order valence-corrected chi connectivity index (χ2v) is 5.27. The summed E-state index contributed by atoms with van der Waals surface area (Å²) >= 11 is 0. The zero-order valence-electron chi connectivity index (χ0n) is 12.2. The smallest absolute Gasteiger partial charge is 0.423 e. The second kappa shape index (κ2) is 5.65. The van der Waals surface area contributed by atoms with Gasteiger partial charge in [-0.1, -0.05) is 18.2 Å². The Morgan fingerprint density at radius 1 is 0.800 bits per heavy atom. The van der Waals surface area contributed by atoms with E-state index in [-0.39, 0.29) is 22.1 Å². The van der Waals surface area contributed by atoms with E-state index in [4.69, 9.17) is 4.42 Å². The molecule has 0 aliphatic rings. The summed E-state index contributed by atoms with van der Waals surface area (Å²) < 4.78 is 81.6. The molecule has 3 aromatic rings.